The number of hydrogen-bond donors (Lipinski definition) is 2. The Morgan fingerprint density at radius 1 is 1.35 bits per heavy atom. The molecule has 0 saturated carbocycles. The lowest BCUT2D eigenvalue weighted by Crippen LogP contribution is -2.47. The zero-order valence-electron chi connectivity index (χ0n) is 9.34. The monoisotopic (exact) mass is 256 g/mol. The molecule has 1 amide bonds. The lowest BCUT2D eigenvalue weighted by Gasteiger charge is -2.17. The van der Waals surface area contributed by atoms with Gasteiger partial charge in [0, 0.05) is 0 Å². The fourth-order valence-corrected chi connectivity index (χ4v) is 1.12. The van der Waals surface area contributed by atoms with E-state index in [0.29, 0.717) is 19.4 Å². The second-order valence-corrected chi connectivity index (χ2v) is 3.33. The van der Waals surface area contributed by atoms with Crippen LogP contribution in [0.4, 0.5) is 13.2 Å². The minimum absolute atomic E-state index is 0.0612. The van der Waals surface area contributed by atoms with Crippen LogP contribution in [-0.4, -0.2) is 37.7 Å². The summed E-state index contributed by atoms with van der Waals surface area (Å²) in [4.78, 5) is 21.8. The number of amides is 1. The molecule has 0 aliphatic heterocycles. The van der Waals surface area contributed by atoms with Crippen molar-refractivity contribution < 1.29 is 27.5 Å². The summed E-state index contributed by atoms with van der Waals surface area (Å²) in [7, 11) is 1.04. The van der Waals surface area contributed by atoms with Gasteiger partial charge in [-0.2, -0.15) is 13.2 Å². The van der Waals surface area contributed by atoms with Gasteiger partial charge in [0.25, 0.3) is 0 Å². The van der Waals surface area contributed by atoms with Crippen LogP contribution >= 0.6 is 0 Å². The molecule has 5 nitrogen and oxygen atoms in total. The molecule has 0 bridgehead atoms. The summed E-state index contributed by atoms with van der Waals surface area (Å²) < 4.78 is 40.2. The van der Waals surface area contributed by atoms with Gasteiger partial charge >= 0.3 is 18.1 Å². The Morgan fingerprint density at radius 3 is 2.35 bits per heavy atom. The van der Waals surface area contributed by atoms with Gasteiger partial charge in [-0.25, -0.2) is 4.79 Å². The molecular formula is C9H15F3N2O3. The second kappa shape index (κ2) is 7.10. The lowest BCUT2D eigenvalue weighted by atomic mass is 10.1. The average Bonchev–Trinajstić information content (AvgIpc) is 2.25. The molecule has 1 atom stereocenters. The number of carbonyl (C=O) groups excluding carboxylic acids is 2. The first-order valence-corrected chi connectivity index (χ1v) is 4.98. The summed E-state index contributed by atoms with van der Waals surface area (Å²) in [6, 6.07) is -1.29. The van der Waals surface area contributed by atoms with E-state index in [0.717, 1.165) is 7.11 Å². The van der Waals surface area contributed by atoms with E-state index < -0.39 is 24.1 Å². The number of nitrogens with two attached hydrogens (primary N) is 1. The minimum atomic E-state index is -5.01. The molecule has 17 heavy (non-hydrogen) atoms. The molecule has 1 unspecified atom stereocenters. The van der Waals surface area contributed by atoms with Crippen LogP contribution in [0.15, 0.2) is 0 Å². The summed E-state index contributed by atoms with van der Waals surface area (Å²) in [6.07, 6.45) is -3.98. The second-order valence-electron chi connectivity index (χ2n) is 3.33. The van der Waals surface area contributed by atoms with Crippen LogP contribution in [0.1, 0.15) is 19.3 Å². The summed E-state index contributed by atoms with van der Waals surface area (Å²) in [5, 5.41) is 1.59. The van der Waals surface area contributed by atoms with E-state index in [2.05, 4.69) is 4.74 Å². The van der Waals surface area contributed by atoms with Gasteiger partial charge in [-0.05, 0) is 25.8 Å². The van der Waals surface area contributed by atoms with E-state index in [9.17, 15) is 22.8 Å². The lowest BCUT2D eigenvalue weighted by molar-refractivity contribution is -0.175. The Labute approximate surface area is 96.5 Å². The van der Waals surface area contributed by atoms with Crippen molar-refractivity contribution in [2.75, 3.05) is 13.7 Å². The fourth-order valence-electron chi connectivity index (χ4n) is 1.12. The maximum Gasteiger partial charge on any atom is 0.471 e. The summed E-state index contributed by atoms with van der Waals surface area (Å²) >= 11 is 0. The third-order valence-electron chi connectivity index (χ3n) is 2.00. The van der Waals surface area contributed by atoms with Crippen molar-refractivity contribution in [2.45, 2.75) is 31.5 Å². The first-order chi connectivity index (χ1) is 7.82. The van der Waals surface area contributed by atoms with Gasteiger partial charge in [0.15, 0.2) is 0 Å². The number of rotatable bonds is 6. The topological polar surface area (TPSA) is 81.4 Å². The number of esters is 1. The van der Waals surface area contributed by atoms with Crippen LogP contribution in [0.25, 0.3) is 0 Å². The Kier molecular flexibility index (Phi) is 6.55. The Morgan fingerprint density at radius 2 is 1.94 bits per heavy atom. The molecule has 3 N–H and O–H groups in total. The van der Waals surface area contributed by atoms with Crippen molar-refractivity contribution in [2.24, 2.45) is 5.73 Å². The van der Waals surface area contributed by atoms with Crippen molar-refractivity contribution in [3.05, 3.63) is 0 Å². The van der Waals surface area contributed by atoms with Crippen LogP contribution in [0.5, 0.6) is 0 Å². The SMILES string of the molecule is COC(=O)C(CCCCN)NC(=O)C(F)(F)F. The number of halogens is 3. The predicted molar refractivity (Wildman–Crippen MR) is 52.9 cm³/mol. The third kappa shape index (κ3) is 6.10. The smallest absolute Gasteiger partial charge is 0.467 e. The summed E-state index contributed by atoms with van der Waals surface area (Å²) in [5.74, 6) is -3.06. The molecule has 0 aromatic heterocycles. The normalized spacial score (nSPS) is 13.0. The van der Waals surface area contributed by atoms with Gasteiger partial charge in [0.2, 0.25) is 0 Å². The van der Waals surface area contributed by atoms with Crippen molar-refractivity contribution in [1.82, 2.24) is 5.32 Å². The average molecular weight is 256 g/mol. The molecule has 0 heterocycles. The van der Waals surface area contributed by atoms with Crippen LogP contribution < -0.4 is 11.1 Å². The van der Waals surface area contributed by atoms with Crippen molar-refractivity contribution in [3.8, 4) is 0 Å². The standard InChI is InChI=1S/C9H15F3N2O3/c1-17-7(15)6(4-2-3-5-13)14-8(16)9(10,11)12/h6H,2-5,13H2,1H3,(H,14,16). The van der Waals surface area contributed by atoms with Gasteiger partial charge in [0.05, 0.1) is 7.11 Å². The molecule has 0 aromatic carbocycles. The molecule has 8 heteroatoms. The van der Waals surface area contributed by atoms with Crippen molar-refractivity contribution >= 4 is 11.9 Å². The van der Waals surface area contributed by atoms with E-state index in [1.807, 2.05) is 0 Å². The third-order valence-corrected chi connectivity index (χ3v) is 2.00. The molecule has 100 valence electrons. The Bertz CT molecular complexity index is 269. The highest BCUT2D eigenvalue weighted by atomic mass is 19.4. The highest BCUT2D eigenvalue weighted by molar-refractivity contribution is 5.87. The molecule has 0 radical (unpaired) electrons. The number of carbonyl (C=O) groups is 2. The highest BCUT2D eigenvalue weighted by Crippen LogP contribution is 2.15. The maximum atomic E-state index is 12.0. The van der Waals surface area contributed by atoms with Gasteiger partial charge in [-0.1, -0.05) is 0 Å². The van der Waals surface area contributed by atoms with E-state index >= 15 is 0 Å². The number of methoxy groups -OCH3 is 1. The van der Waals surface area contributed by atoms with E-state index in [1.165, 1.54) is 0 Å². The highest BCUT2D eigenvalue weighted by Gasteiger charge is 2.40. The quantitative estimate of drug-likeness (QED) is 0.530. The van der Waals surface area contributed by atoms with Gasteiger partial charge in [-0.3, -0.25) is 4.79 Å². The zero-order chi connectivity index (χ0) is 13.5. The number of ether oxygens (including phenoxy) is 1. The molecule has 0 aromatic rings. The maximum absolute atomic E-state index is 12.0. The largest absolute Gasteiger partial charge is 0.471 e. The zero-order valence-corrected chi connectivity index (χ0v) is 9.34. The number of unbranched alkanes of at least 4 members (excludes halogenated alkanes) is 1. The van der Waals surface area contributed by atoms with Crippen LogP contribution in [0, 0.1) is 0 Å². The van der Waals surface area contributed by atoms with Gasteiger partial charge < -0.3 is 15.8 Å². The molecule has 0 saturated heterocycles. The fraction of sp³-hybridized carbons (Fsp3) is 0.778. The molecule has 0 fully saturated rings. The van der Waals surface area contributed by atoms with E-state index in [-0.39, 0.29) is 6.42 Å². The van der Waals surface area contributed by atoms with Gasteiger partial charge in [0.1, 0.15) is 6.04 Å². The number of alkyl halides is 3. The Hall–Kier alpha value is -1.31. The number of nitrogens with one attached hydrogen (secondary N) is 1. The van der Waals surface area contributed by atoms with Crippen molar-refractivity contribution in [1.29, 1.82) is 0 Å². The first-order valence-electron chi connectivity index (χ1n) is 4.98. The summed E-state index contributed by atoms with van der Waals surface area (Å²) in [5.41, 5.74) is 5.21. The molecule has 0 aliphatic carbocycles. The first kappa shape index (κ1) is 15.7. The van der Waals surface area contributed by atoms with Crippen LogP contribution in [0.3, 0.4) is 0 Å². The minimum Gasteiger partial charge on any atom is -0.467 e. The molecular weight excluding hydrogens is 241 g/mol. The van der Waals surface area contributed by atoms with E-state index in [1.54, 1.807) is 5.32 Å². The number of hydrogen-bond acceptors (Lipinski definition) is 4. The van der Waals surface area contributed by atoms with Crippen molar-refractivity contribution in [3.63, 3.8) is 0 Å². The predicted octanol–water partition coefficient (Wildman–Crippen LogP) is 0.335. The van der Waals surface area contributed by atoms with Crippen LogP contribution in [0.2, 0.25) is 0 Å². The molecule has 0 rings (SSSR count). The molecule has 0 spiro atoms. The Balaban J connectivity index is 4.39. The van der Waals surface area contributed by atoms with Crippen LogP contribution in [-0.2, 0) is 14.3 Å². The molecule has 0 aliphatic rings. The summed E-state index contributed by atoms with van der Waals surface area (Å²) in [6.45, 7) is 0.362. The van der Waals surface area contributed by atoms with E-state index in [4.69, 9.17) is 5.73 Å². The van der Waals surface area contributed by atoms with Gasteiger partial charge in [-0.15, -0.1) is 0 Å².